The van der Waals surface area contributed by atoms with Crippen LogP contribution in [0.15, 0.2) is 47.6 Å². The van der Waals surface area contributed by atoms with E-state index in [9.17, 15) is 9.59 Å². The van der Waals surface area contributed by atoms with Crippen LogP contribution in [0.4, 0.5) is 5.69 Å². The molecule has 0 aliphatic carbocycles. The molecule has 0 unspecified atom stereocenters. The van der Waals surface area contributed by atoms with Crippen molar-refractivity contribution in [3.8, 4) is 22.9 Å². The molecule has 0 aliphatic heterocycles. The number of benzene rings is 2. The highest BCUT2D eigenvalue weighted by Gasteiger charge is 2.14. The van der Waals surface area contributed by atoms with Crippen molar-refractivity contribution in [2.45, 2.75) is 12.1 Å². The maximum absolute atomic E-state index is 12.3. The summed E-state index contributed by atoms with van der Waals surface area (Å²) >= 11 is 1.18. The Bertz CT molecular complexity index is 1030. The normalized spacial score (nSPS) is 10.4. The number of anilines is 1. The van der Waals surface area contributed by atoms with Crippen molar-refractivity contribution in [1.29, 1.82) is 0 Å². The molecule has 3 aromatic rings. The predicted octanol–water partition coefficient (Wildman–Crippen LogP) is 3.42. The average Bonchev–Trinajstić information content (AvgIpc) is 3.20. The zero-order valence-corrected chi connectivity index (χ0v) is 17.0. The second-order valence-corrected chi connectivity index (χ2v) is 6.91. The van der Waals surface area contributed by atoms with Gasteiger partial charge in [-0.05, 0) is 31.2 Å². The first kappa shape index (κ1) is 20.4. The number of nitrogens with zero attached hydrogens (tertiary/aromatic N) is 2. The molecular formula is C20H20N4O4S. The Morgan fingerprint density at radius 1 is 1.14 bits per heavy atom. The minimum absolute atomic E-state index is 0.100. The molecule has 1 amide bonds. The number of hydrogen-bond acceptors (Lipinski definition) is 7. The van der Waals surface area contributed by atoms with Gasteiger partial charge in [0.15, 0.2) is 11.6 Å². The van der Waals surface area contributed by atoms with E-state index < -0.39 is 0 Å². The zero-order chi connectivity index (χ0) is 20.8. The lowest BCUT2D eigenvalue weighted by atomic mass is 10.1. The van der Waals surface area contributed by atoms with Gasteiger partial charge in [0.05, 0.1) is 31.2 Å². The Kier molecular flexibility index (Phi) is 6.50. The molecule has 3 rings (SSSR count). The van der Waals surface area contributed by atoms with E-state index in [4.69, 9.17) is 9.47 Å². The van der Waals surface area contributed by atoms with Crippen LogP contribution >= 0.6 is 11.8 Å². The lowest BCUT2D eigenvalue weighted by Gasteiger charge is -2.08. The standard InChI is InChI=1S/C20H20N4O4S/c1-12(25)14-6-4-5-7-16(14)21-18(26)11-29-20-22-19(23-24-20)15-9-8-13(27-2)10-17(15)28-3/h4-10H,11H2,1-3H3,(H,21,26)(H,22,23,24). The topological polar surface area (TPSA) is 106 Å². The van der Waals surface area contributed by atoms with Crippen LogP contribution in [-0.4, -0.2) is 46.8 Å². The second kappa shape index (κ2) is 9.24. The molecule has 1 aromatic heterocycles. The van der Waals surface area contributed by atoms with Crippen LogP contribution in [-0.2, 0) is 4.79 Å². The first-order valence-corrected chi connectivity index (χ1v) is 9.67. The number of H-pyrrole nitrogens is 1. The molecule has 0 bridgehead atoms. The van der Waals surface area contributed by atoms with Crippen molar-refractivity contribution in [1.82, 2.24) is 15.2 Å². The maximum atomic E-state index is 12.3. The number of hydrogen-bond donors (Lipinski definition) is 2. The van der Waals surface area contributed by atoms with Gasteiger partial charge in [0, 0.05) is 11.6 Å². The summed E-state index contributed by atoms with van der Waals surface area (Å²) in [5.41, 5.74) is 1.69. The van der Waals surface area contributed by atoms with Gasteiger partial charge in [-0.2, -0.15) is 0 Å². The summed E-state index contributed by atoms with van der Waals surface area (Å²) < 4.78 is 10.6. The van der Waals surface area contributed by atoms with Crippen LogP contribution in [0.25, 0.3) is 11.4 Å². The molecule has 0 aliphatic rings. The van der Waals surface area contributed by atoms with Gasteiger partial charge in [0.1, 0.15) is 11.5 Å². The van der Waals surface area contributed by atoms with Crippen molar-refractivity contribution >= 4 is 29.1 Å². The minimum atomic E-state index is -0.253. The lowest BCUT2D eigenvalue weighted by molar-refractivity contribution is -0.113. The van der Waals surface area contributed by atoms with Gasteiger partial charge in [0.25, 0.3) is 0 Å². The number of thioether (sulfide) groups is 1. The van der Waals surface area contributed by atoms with Crippen LogP contribution in [0.3, 0.4) is 0 Å². The quantitative estimate of drug-likeness (QED) is 0.431. The summed E-state index contributed by atoms with van der Waals surface area (Å²) in [6.07, 6.45) is 0. The fourth-order valence-electron chi connectivity index (χ4n) is 2.64. The van der Waals surface area contributed by atoms with E-state index in [0.29, 0.717) is 33.7 Å². The lowest BCUT2D eigenvalue weighted by Crippen LogP contribution is -2.16. The number of rotatable bonds is 8. The molecule has 0 saturated carbocycles. The van der Waals surface area contributed by atoms with E-state index in [1.54, 1.807) is 50.6 Å². The summed E-state index contributed by atoms with van der Waals surface area (Å²) in [6.45, 7) is 1.46. The van der Waals surface area contributed by atoms with Crippen LogP contribution < -0.4 is 14.8 Å². The molecule has 2 aromatic carbocycles. The Morgan fingerprint density at radius 3 is 2.66 bits per heavy atom. The molecule has 1 heterocycles. The van der Waals surface area contributed by atoms with Gasteiger partial charge in [-0.15, -0.1) is 5.10 Å². The van der Waals surface area contributed by atoms with Gasteiger partial charge >= 0.3 is 0 Å². The van der Waals surface area contributed by atoms with Gasteiger partial charge in [-0.25, -0.2) is 4.98 Å². The Balaban J connectivity index is 1.66. The summed E-state index contributed by atoms with van der Waals surface area (Å²) in [5, 5.41) is 10.2. The van der Waals surface area contributed by atoms with Crippen molar-refractivity contribution in [3.63, 3.8) is 0 Å². The smallest absolute Gasteiger partial charge is 0.234 e. The molecule has 0 atom stereocenters. The molecule has 150 valence electrons. The molecular weight excluding hydrogens is 392 g/mol. The number of ketones is 1. The first-order valence-electron chi connectivity index (χ1n) is 8.69. The van der Waals surface area contributed by atoms with Crippen LogP contribution in [0, 0.1) is 0 Å². The summed E-state index contributed by atoms with van der Waals surface area (Å²) in [6, 6.07) is 12.3. The fourth-order valence-corrected chi connectivity index (χ4v) is 3.24. The van der Waals surface area contributed by atoms with Crippen molar-refractivity contribution in [2.24, 2.45) is 0 Å². The fraction of sp³-hybridized carbons (Fsp3) is 0.200. The highest BCUT2D eigenvalue weighted by molar-refractivity contribution is 7.99. The molecule has 8 nitrogen and oxygen atoms in total. The maximum Gasteiger partial charge on any atom is 0.234 e. The van der Waals surface area contributed by atoms with E-state index >= 15 is 0 Å². The number of Topliss-reactive ketones (excluding diaryl/α,β-unsaturated/α-hetero) is 1. The Hall–Kier alpha value is -3.33. The van der Waals surface area contributed by atoms with Crippen molar-refractivity contribution in [2.75, 3.05) is 25.3 Å². The molecule has 2 N–H and O–H groups in total. The number of aromatic nitrogens is 3. The Morgan fingerprint density at radius 2 is 1.93 bits per heavy atom. The van der Waals surface area contributed by atoms with E-state index in [-0.39, 0.29) is 17.4 Å². The Labute approximate surface area is 172 Å². The number of aromatic amines is 1. The minimum Gasteiger partial charge on any atom is -0.497 e. The summed E-state index contributed by atoms with van der Waals surface area (Å²) in [4.78, 5) is 28.3. The van der Waals surface area contributed by atoms with Crippen LogP contribution in [0.1, 0.15) is 17.3 Å². The van der Waals surface area contributed by atoms with E-state index in [1.807, 2.05) is 6.07 Å². The highest BCUT2D eigenvalue weighted by atomic mass is 32.2. The molecule has 0 radical (unpaired) electrons. The number of carbonyl (C=O) groups is 2. The van der Waals surface area contributed by atoms with Gasteiger partial charge in [-0.3, -0.25) is 14.7 Å². The zero-order valence-electron chi connectivity index (χ0n) is 16.2. The average molecular weight is 412 g/mol. The number of methoxy groups -OCH3 is 2. The number of nitrogens with one attached hydrogen (secondary N) is 2. The molecule has 0 saturated heterocycles. The van der Waals surface area contributed by atoms with E-state index in [1.165, 1.54) is 18.7 Å². The number of ether oxygens (including phenoxy) is 2. The molecule has 0 fully saturated rings. The number of carbonyl (C=O) groups excluding carboxylic acids is 2. The second-order valence-electron chi connectivity index (χ2n) is 5.97. The molecule has 0 spiro atoms. The first-order chi connectivity index (χ1) is 14.0. The van der Waals surface area contributed by atoms with E-state index in [0.717, 1.165) is 5.56 Å². The summed E-state index contributed by atoms with van der Waals surface area (Å²) in [5.74, 6) is 1.52. The molecule has 29 heavy (non-hydrogen) atoms. The van der Waals surface area contributed by atoms with Crippen molar-refractivity contribution in [3.05, 3.63) is 48.0 Å². The largest absolute Gasteiger partial charge is 0.497 e. The predicted molar refractivity (Wildman–Crippen MR) is 111 cm³/mol. The van der Waals surface area contributed by atoms with Gasteiger partial charge < -0.3 is 14.8 Å². The monoisotopic (exact) mass is 412 g/mol. The third kappa shape index (κ3) is 4.94. The number of para-hydroxylation sites is 1. The van der Waals surface area contributed by atoms with Crippen molar-refractivity contribution < 1.29 is 19.1 Å². The van der Waals surface area contributed by atoms with E-state index in [2.05, 4.69) is 20.5 Å². The van der Waals surface area contributed by atoms with Crippen LogP contribution in [0.5, 0.6) is 11.5 Å². The van der Waals surface area contributed by atoms with Gasteiger partial charge in [0.2, 0.25) is 11.1 Å². The highest BCUT2D eigenvalue weighted by Crippen LogP contribution is 2.32. The summed E-state index contributed by atoms with van der Waals surface area (Å²) in [7, 11) is 3.14. The third-order valence-corrected chi connectivity index (χ3v) is 4.89. The SMILES string of the molecule is COc1ccc(-c2nc(SCC(=O)Nc3ccccc3C(C)=O)n[nH]2)c(OC)c1. The van der Waals surface area contributed by atoms with Crippen LogP contribution in [0.2, 0.25) is 0 Å². The molecule has 9 heteroatoms. The van der Waals surface area contributed by atoms with Gasteiger partial charge in [-0.1, -0.05) is 23.9 Å². The number of amides is 1. The third-order valence-electron chi connectivity index (χ3n) is 4.04.